The minimum atomic E-state index is -3.65. The highest BCUT2D eigenvalue weighted by molar-refractivity contribution is 8.01. The second-order valence-electron chi connectivity index (χ2n) is 6.64. The van der Waals surface area contributed by atoms with Crippen molar-refractivity contribution in [2.24, 2.45) is 0 Å². The minimum Gasteiger partial charge on any atom is -0.468 e. The number of aromatic nitrogens is 2. The zero-order chi connectivity index (χ0) is 21.7. The van der Waals surface area contributed by atoms with Crippen LogP contribution in [0.1, 0.15) is 35.2 Å². The number of sulfonamides is 1. The van der Waals surface area contributed by atoms with Gasteiger partial charge in [-0.3, -0.25) is 14.9 Å². The second-order valence-corrected chi connectivity index (χ2v) is 10.7. The normalized spacial score (nSPS) is 15.0. The van der Waals surface area contributed by atoms with Gasteiger partial charge in [-0.25, -0.2) is 8.42 Å². The fourth-order valence-electron chi connectivity index (χ4n) is 2.93. The Morgan fingerprint density at radius 3 is 2.67 bits per heavy atom. The van der Waals surface area contributed by atoms with E-state index >= 15 is 0 Å². The molecule has 0 saturated carbocycles. The number of rotatable bonds is 7. The highest BCUT2D eigenvalue weighted by Crippen LogP contribution is 2.27. The van der Waals surface area contributed by atoms with E-state index < -0.39 is 15.9 Å². The van der Waals surface area contributed by atoms with E-state index in [2.05, 4.69) is 20.3 Å². The summed E-state index contributed by atoms with van der Waals surface area (Å²) >= 11 is 2.27. The van der Waals surface area contributed by atoms with E-state index in [0.717, 1.165) is 42.4 Å². The molecule has 1 amide bonds. The average Bonchev–Trinajstić information content (AvgIpc) is 3.20. The number of amides is 1. The molecule has 2 heterocycles. The number of hydrogen-bond donors (Lipinski definition) is 1. The molecule has 162 valence electrons. The van der Waals surface area contributed by atoms with E-state index in [-0.39, 0.29) is 27.3 Å². The van der Waals surface area contributed by atoms with Crippen molar-refractivity contribution >= 4 is 50.1 Å². The van der Waals surface area contributed by atoms with Gasteiger partial charge in [0.05, 0.1) is 17.8 Å². The summed E-state index contributed by atoms with van der Waals surface area (Å²) in [7, 11) is -2.35. The zero-order valence-corrected chi connectivity index (χ0v) is 19.0. The molecule has 12 heteroatoms. The first-order chi connectivity index (χ1) is 14.3. The molecule has 0 spiro atoms. The Hall–Kier alpha value is -2.02. The Morgan fingerprint density at radius 2 is 1.97 bits per heavy atom. The average molecular weight is 471 g/mol. The van der Waals surface area contributed by atoms with Crippen molar-refractivity contribution in [1.29, 1.82) is 0 Å². The first kappa shape index (κ1) is 22.7. The molecule has 1 aliphatic heterocycles. The van der Waals surface area contributed by atoms with Gasteiger partial charge >= 0.3 is 5.97 Å². The molecule has 1 aromatic heterocycles. The molecule has 1 aromatic carbocycles. The Labute approximate surface area is 183 Å². The van der Waals surface area contributed by atoms with Crippen molar-refractivity contribution in [2.75, 3.05) is 31.3 Å². The molecule has 1 aliphatic rings. The number of piperidine rings is 1. The number of esters is 1. The van der Waals surface area contributed by atoms with Crippen LogP contribution in [0.25, 0.3) is 0 Å². The van der Waals surface area contributed by atoms with Gasteiger partial charge in [-0.1, -0.05) is 35.6 Å². The maximum Gasteiger partial charge on any atom is 0.316 e. The predicted octanol–water partition coefficient (Wildman–Crippen LogP) is 2.54. The zero-order valence-electron chi connectivity index (χ0n) is 16.6. The van der Waals surface area contributed by atoms with Crippen LogP contribution in [0.5, 0.6) is 0 Å². The van der Waals surface area contributed by atoms with Crippen LogP contribution in [-0.2, 0) is 19.6 Å². The fourth-order valence-corrected chi connectivity index (χ4v) is 6.28. The lowest BCUT2D eigenvalue weighted by Gasteiger charge is -2.26. The summed E-state index contributed by atoms with van der Waals surface area (Å²) in [5, 5.41) is 10.7. The highest BCUT2D eigenvalue weighted by Gasteiger charge is 2.28. The smallest absolute Gasteiger partial charge is 0.316 e. The van der Waals surface area contributed by atoms with Crippen LogP contribution in [0.3, 0.4) is 0 Å². The van der Waals surface area contributed by atoms with Crippen molar-refractivity contribution in [3.63, 3.8) is 0 Å². The third kappa shape index (κ3) is 5.36. The first-order valence-electron chi connectivity index (χ1n) is 9.26. The van der Waals surface area contributed by atoms with Crippen LogP contribution in [0.15, 0.2) is 27.4 Å². The van der Waals surface area contributed by atoms with Gasteiger partial charge in [0, 0.05) is 18.7 Å². The van der Waals surface area contributed by atoms with Crippen molar-refractivity contribution in [2.45, 2.75) is 35.4 Å². The monoisotopic (exact) mass is 470 g/mol. The largest absolute Gasteiger partial charge is 0.468 e. The van der Waals surface area contributed by atoms with Gasteiger partial charge in [0.25, 0.3) is 5.91 Å². The molecule has 0 unspecified atom stereocenters. The molecule has 9 nitrogen and oxygen atoms in total. The summed E-state index contributed by atoms with van der Waals surface area (Å²) in [6.07, 6.45) is 2.70. The number of methoxy groups -OCH3 is 1. The van der Waals surface area contributed by atoms with Gasteiger partial charge in [-0.05, 0) is 37.5 Å². The molecule has 30 heavy (non-hydrogen) atoms. The summed E-state index contributed by atoms with van der Waals surface area (Å²) in [6, 6.07) is 4.61. The van der Waals surface area contributed by atoms with Crippen LogP contribution in [0.4, 0.5) is 5.13 Å². The van der Waals surface area contributed by atoms with E-state index in [0.29, 0.717) is 23.0 Å². The van der Waals surface area contributed by atoms with E-state index in [1.807, 2.05) is 0 Å². The van der Waals surface area contributed by atoms with Crippen LogP contribution in [0.2, 0.25) is 0 Å². The number of thioether (sulfide) groups is 1. The number of nitrogens with zero attached hydrogens (tertiary/aromatic N) is 3. The van der Waals surface area contributed by atoms with Gasteiger partial charge in [0.1, 0.15) is 0 Å². The van der Waals surface area contributed by atoms with E-state index in [9.17, 15) is 18.0 Å². The van der Waals surface area contributed by atoms with Crippen molar-refractivity contribution in [3.8, 4) is 0 Å². The lowest BCUT2D eigenvalue weighted by molar-refractivity contribution is -0.137. The molecule has 2 aromatic rings. The lowest BCUT2D eigenvalue weighted by atomic mass is 10.1. The summed E-state index contributed by atoms with van der Waals surface area (Å²) in [5.41, 5.74) is 0.810. The number of ether oxygens (including phenoxy) is 1. The Bertz CT molecular complexity index is 1030. The van der Waals surface area contributed by atoms with Gasteiger partial charge in [0.15, 0.2) is 4.34 Å². The van der Waals surface area contributed by atoms with Gasteiger partial charge in [-0.15, -0.1) is 10.2 Å². The molecular weight excluding hydrogens is 448 g/mol. The van der Waals surface area contributed by atoms with Gasteiger partial charge in [-0.2, -0.15) is 4.31 Å². The van der Waals surface area contributed by atoms with Gasteiger partial charge < -0.3 is 4.74 Å². The van der Waals surface area contributed by atoms with Crippen LogP contribution >= 0.6 is 23.1 Å². The molecule has 0 aliphatic carbocycles. The highest BCUT2D eigenvalue weighted by atomic mass is 32.2. The standard InChI is InChI=1S/C18H22N4O5S3/c1-12-6-7-13(10-14(12)30(25,26)22-8-4-3-5-9-22)16(24)19-17-20-21-18(29-17)28-11-15(23)27-2/h6-7,10H,3-5,8-9,11H2,1-2H3,(H,19,20,24). The van der Waals surface area contributed by atoms with E-state index in [4.69, 9.17) is 0 Å². The molecule has 3 rings (SSSR count). The van der Waals surface area contributed by atoms with Crippen molar-refractivity contribution in [3.05, 3.63) is 29.3 Å². The summed E-state index contributed by atoms with van der Waals surface area (Å²) in [4.78, 5) is 24.0. The topological polar surface area (TPSA) is 119 Å². The Kier molecular flexibility index (Phi) is 7.45. The van der Waals surface area contributed by atoms with Crippen LogP contribution in [0, 0.1) is 6.92 Å². The Balaban J connectivity index is 1.73. The van der Waals surface area contributed by atoms with Crippen molar-refractivity contribution < 1.29 is 22.7 Å². The number of nitrogens with one attached hydrogen (secondary N) is 1. The molecular formula is C18H22N4O5S3. The van der Waals surface area contributed by atoms with E-state index in [1.54, 1.807) is 19.1 Å². The molecule has 0 bridgehead atoms. The summed E-state index contributed by atoms with van der Waals surface area (Å²) in [6.45, 7) is 2.71. The molecule has 1 saturated heterocycles. The third-order valence-corrected chi connectivity index (χ3v) is 8.54. The number of carbonyl (C=O) groups excluding carboxylic acids is 2. The number of aryl methyl sites for hydroxylation is 1. The molecule has 1 fully saturated rings. The fraction of sp³-hybridized carbons (Fsp3) is 0.444. The van der Waals surface area contributed by atoms with Crippen LogP contribution < -0.4 is 5.32 Å². The maximum absolute atomic E-state index is 13.0. The SMILES string of the molecule is COC(=O)CSc1nnc(NC(=O)c2ccc(C)c(S(=O)(=O)N3CCCCC3)c2)s1. The van der Waals surface area contributed by atoms with Crippen molar-refractivity contribution in [1.82, 2.24) is 14.5 Å². The number of hydrogen-bond acceptors (Lipinski definition) is 9. The lowest BCUT2D eigenvalue weighted by Crippen LogP contribution is -2.36. The number of carbonyl (C=O) groups is 2. The molecule has 1 N–H and O–H groups in total. The molecule has 0 atom stereocenters. The van der Waals surface area contributed by atoms with Crippen LogP contribution in [-0.4, -0.2) is 60.7 Å². The van der Waals surface area contributed by atoms with E-state index in [1.165, 1.54) is 17.5 Å². The first-order valence-corrected chi connectivity index (χ1v) is 12.5. The second kappa shape index (κ2) is 9.86. The maximum atomic E-state index is 13.0. The number of benzene rings is 1. The molecule has 0 radical (unpaired) electrons. The summed E-state index contributed by atoms with van der Waals surface area (Å²) in [5.74, 6) is -0.775. The minimum absolute atomic E-state index is 0.0920. The third-order valence-electron chi connectivity index (χ3n) is 4.55. The number of anilines is 1. The van der Waals surface area contributed by atoms with Gasteiger partial charge in [0.2, 0.25) is 15.2 Å². The predicted molar refractivity (Wildman–Crippen MR) is 114 cm³/mol. The quantitative estimate of drug-likeness (QED) is 0.373. The summed E-state index contributed by atoms with van der Waals surface area (Å²) < 4.78 is 32.6. The Morgan fingerprint density at radius 1 is 1.23 bits per heavy atom.